The van der Waals surface area contributed by atoms with Crippen LogP contribution in [0.15, 0.2) is 48.5 Å². The van der Waals surface area contributed by atoms with Crippen LogP contribution in [0.4, 0.5) is 14.9 Å². The molecule has 2 atom stereocenters. The van der Waals surface area contributed by atoms with Crippen LogP contribution in [-0.2, 0) is 24.1 Å². The van der Waals surface area contributed by atoms with Gasteiger partial charge < -0.3 is 30.9 Å². The number of aliphatic hydroxyl groups is 2. The van der Waals surface area contributed by atoms with Crippen molar-refractivity contribution >= 4 is 23.8 Å². The normalized spacial score (nSPS) is 14.3. The molecule has 0 aliphatic heterocycles. The number of aliphatic carboxylic acids is 1. The van der Waals surface area contributed by atoms with Gasteiger partial charge in [-0.2, -0.15) is 0 Å². The number of rotatable bonds is 12. The minimum absolute atomic E-state index is 0.00238. The Bertz CT molecular complexity index is 1560. The van der Waals surface area contributed by atoms with E-state index in [1.807, 2.05) is 33.0 Å². The first-order chi connectivity index (χ1) is 22.0. The Hall–Kier alpha value is -4.12. The number of carboxylic acids is 1. The van der Waals surface area contributed by atoms with Gasteiger partial charge in [0.05, 0.1) is 24.3 Å². The molecule has 4 rings (SSSR count). The number of likely N-dealkylation sites (N-methyl/N-ethyl adjacent to an activating group) is 2. The van der Waals surface area contributed by atoms with Gasteiger partial charge in [0.25, 0.3) is 0 Å². The van der Waals surface area contributed by atoms with Crippen LogP contribution in [0.2, 0.25) is 0 Å². The first kappa shape index (κ1) is 34.7. The van der Waals surface area contributed by atoms with Crippen molar-refractivity contribution in [3.8, 4) is 11.1 Å². The maximum Gasteiger partial charge on any atom is 0.321 e. The number of aromatic nitrogens is 1. The molecule has 5 N–H and O–H groups in total. The predicted molar refractivity (Wildman–Crippen MR) is 178 cm³/mol. The van der Waals surface area contributed by atoms with Crippen LogP contribution in [0, 0.1) is 5.82 Å². The summed E-state index contributed by atoms with van der Waals surface area (Å²) in [7, 11) is 3.60. The molecule has 1 aromatic heterocycles. The molecule has 0 fully saturated rings. The van der Waals surface area contributed by atoms with Crippen molar-refractivity contribution in [3.05, 3.63) is 88.0 Å². The summed E-state index contributed by atoms with van der Waals surface area (Å²) in [5, 5.41) is 35.8. The Kier molecular flexibility index (Phi) is 12.0. The minimum Gasteiger partial charge on any atom is -0.481 e. The Morgan fingerprint density at radius 1 is 1.09 bits per heavy atom. The van der Waals surface area contributed by atoms with Crippen LogP contribution >= 0.6 is 0 Å². The molecule has 2 aromatic carbocycles. The molecular weight excluding hydrogens is 587 g/mol. The van der Waals surface area contributed by atoms with Crippen molar-refractivity contribution in [1.29, 1.82) is 0 Å². The van der Waals surface area contributed by atoms with Crippen LogP contribution in [-0.4, -0.2) is 76.6 Å². The molecule has 1 heterocycles. The number of fused-ring (bicyclic) bond motifs is 2. The van der Waals surface area contributed by atoms with Gasteiger partial charge in [0.2, 0.25) is 0 Å². The summed E-state index contributed by atoms with van der Waals surface area (Å²) in [5.41, 5.74) is 8.31. The summed E-state index contributed by atoms with van der Waals surface area (Å²) in [5.74, 6) is -1.48. The topological polar surface area (TPSA) is 135 Å². The summed E-state index contributed by atoms with van der Waals surface area (Å²) in [4.78, 5) is 30.6. The van der Waals surface area contributed by atoms with Crippen molar-refractivity contribution in [2.24, 2.45) is 0 Å². The highest BCUT2D eigenvalue weighted by molar-refractivity contribution is 5.89. The number of nitrogens with zero attached hydrogens (tertiary/aromatic N) is 2. The number of nitrogens with one attached hydrogen (secondary N) is 2. The van der Waals surface area contributed by atoms with Gasteiger partial charge in [-0.25, -0.2) is 9.18 Å². The second kappa shape index (κ2) is 15.9. The fourth-order valence-electron chi connectivity index (χ4n) is 5.88. The molecule has 3 aromatic rings. The smallest absolute Gasteiger partial charge is 0.321 e. The number of hydrogen-bond acceptors (Lipinski definition) is 6. The Labute approximate surface area is 270 Å². The lowest BCUT2D eigenvalue weighted by Gasteiger charge is -2.25. The summed E-state index contributed by atoms with van der Waals surface area (Å²) in [6.45, 7) is 5.35. The summed E-state index contributed by atoms with van der Waals surface area (Å²) >= 11 is 0. The minimum atomic E-state index is -1.18. The van der Waals surface area contributed by atoms with Crippen LogP contribution in [0.5, 0.6) is 0 Å². The molecule has 0 radical (unpaired) electrons. The van der Waals surface area contributed by atoms with Crippen molar-refractivity contribution in [2.45, 2.75) is 70.5 Å². The van der Waals surface area contributed by atoms with Crippen molar-refractivity contribution in [3.63, 3.8) is 0 Å². The first-order valence-electron chi connectivity index (χ1n) is 15.8. The molecule has 0 saturated carbocycles. The Morgan fingerprint density at radius 2 is 1.83 bits per heavy atom. The predicted octanol–water partition coefficient (Wildman–Crippen LogP) is 5.37. The third-order valence-corrected chi connectivity index (χ3v) is 8.27. The molecule has 9 nitrogen and oxygen atoms in total. The number of pyridine rings is 1. The van der Waals surface area contributed by atoms with E-state index in [4.69, 9.17) is 10.1 Å². The number of halogens is 1. The standard InChI is InChI=1S/C36H45FN4O5/c1-22(2)35-31(15-14-28(42)20-29(43)21-33(44)45)34(24-8-11-26(37)12-9-24)30-7-5-6-23-10-13-27(18-25(23)19-32(30)40-35)39-36(46)41(4)17-16-38-3/h8-15,18,22,28-29,38,42-43H,5-7,16-17,19-21H2,1-4H3,(H,39,46)(H,44,45)/t28-,29-/m1/s1. The number of amides is 2. The van der Waals surface area contributed by atoms with E-state index in [1.54, 1.807) is 36.2 Å². The number of hydrogen-bond donors (Lipinski definition) is 5. The molecule has 10 heteroatoms. The highest BCUT2D eigenvalue weighted by atomic mass is 19.1. The van der Waals surface area contributed by atoms with E-state index in [9.17, 15) is 24.2 Å². The van der Waals surface area contributed by atoms with Gasteiger partial charge in [-0.15, -0.1) is 0 Å². The van der Waals surface area contributed by atoms with E-state index < -0.39 is 24.6 Å². The number of carbonyl (C=O) groups excluding carboxylic acids is 1. The number of carboxylic acid groups (broad SMARTS) is 1. The number of carbonyl (C=O) groups is 2. The third kappa shape index (κ3) is 8.99. The van der Waals surface area contributed by atoms with E-state index in [0.717, 1.165) is 58.5 Å². The average Bonchev–Trinajstić information content (AvgIpc) is 2.99. The van der Waals surface area contributed by atoms with E-state index in [-0.39, 0.29) is 24.2 Å². The molecular formula is C36H45FN4O5. The fourth-order valence-corrected chi connectivity index (χ4v) is 5.88. The van der Waals surface area contributed by atoms with Crippen LogP contribution in [0.3, 0.4) is 0 Å². The summed E-state index contributed by atoms with van der Waals surface area (Å²) < 4.78 is 14.1. The largest absolute Gasteiger partial charge is 0.481 e. The molecule has 2 amide bonds. The highest BCUT2D eigenvalue weighted by Gasteiger charge is 2.24. The van der Waals surface area contributed by atoms with Crippen LogP contribution in [0.25, 0.3) is 17.2 Å². The zero-order chi connectivity index (χ0) is 33.4. The second-order valence-corrected chi connectivity index (χ2v) is 12.3. The summed E-state index contributed by atoms with van der Waals surface area (Å²) in [6, 6.07) is 12.2. The average molecular weight is 633 g/mol. The Balaban J connectivity index is 1.78. The van der Waals surface area contributed by atoms with Gasteiger partial charge >= 0.3 is 12.0 Å². The number of aliphatic hydroxyl groups excluding tert-OH is 2. The van der Waals surface area contributed by atoms with E-state index in [2.05, 4.69) is 16.7 Å². The monoisotopic (exact) mass is 632 g/mol. The molecule has 0 saturated heterocycles. The molecule has 1 aliphatic rings. The third-order valence-electron chi connectivity index (χ3n) is 8.27. The molecule has 0 spiro atoms. The highest BCUT2D eigenvalue weighted by Crippen LogP contribution is 2.38. The van der Waals surface area contributed by atoms with E-state index in [1.165, 1.54) is 17.7 Å². The lowest BCUT2D eigenvalue weighted by Crippen LogP contribution is -2.35. The lowest BCUT2D eigenvalue weighted by molar-refractivity contribution is -0.139. The van der Waals surface area contributed by atoms with Gasteiger partial charge in [-0.1, -0.05) is 44.2 Å². The number of anilines is 1. The molecule has 1 aliphatic carbocycles. The number of benzene rings is 2. The van der Waals surface area contributed by atoms with Crippen LogP contribution < -0.4 is 10.6 Å². The van der Waals surface area contributed by atoms with Gasteiger partial charge in [-0.05, 0) is 84.3 Å². The number of aryl methyl sites for hydroxylation is 1. The van der Waals surface area contributed by atoms with E-state index >= 15 is 0 Å². The SMILES string of the molecule is CNCCN(C)C(=O)Nc1ccc2c(c1)Cc1nc(C(C)C)c(C=C[C@@H](O)C[C@@H](O)CC(=O)O)c(-c3ccc(F)cc3)c1CCC2. The molecule has 246 valence electrons. The Morgan fingerprint density at radius 3 is 2.50 bits per heavy atom. The van der Waals surface area contributed by atoms with E-state index in [0.29, 0.717) is 25.2 Å². The van der Waals surface area contributed by atoms with Crippen molar-refractivity contribution < 1.29 is 29.3 Å². The zero-order valence-corrected chi connectivity index (χ0v) is 27.0. The van der Waals surface area contributed by atoms with Crippen LogP contribution in [0.1, 0.15) is 72.7 Å². The summed E-state index contributed by atoms with van der Waals surface area (Å²) in [6.07, 6.45) is 3.50. The fraction of sp³-hybridized carbons (Fsp3) is 0.417. The van der Waals surface area contributed by atoms with Crippen molar-refractivity contribution in [1.82, 2.24) is 15.2 Å². The van der Waals surface area contributed by atoms with Gasteiger partial charge in [0.15, 0.2) is 0 Å². The van der Waals surface area contributed by atoms with Gasteiger partial charge in [0.1, 0.15) is 5.82 Å². The molecule has 0 unspecified atom stereocenters. The van der Waals surface area contributed by atoms with Gasteiger partial charge in [-0.3, -0.25) is 9.78 Å². The van der Waals surface area contributed by atoms with Gasteiger partial charge in [0, 0.05) is 49.9 Å². The number of urea groups is 1. The second-order valence-electron chi connectivity index (χ2n) is 12.3. The van der Waals surface area contributed by atoms with Crippen molar-refractivity contribution in [2.75, 3.05) is 32.5 Å². The molecule has 0 bridgehead atoms. The zero-order valence-electron chi connectivity index (χ0n) is 27.0. The first-order valence-corrected chi connectivity index (χ1v) is 15.8. The maximum absolute atomic E-state index is 14.1. The maximum atomic E-state index is 14.1. The molecule has 46 heavy (non-hydrogen) atoms. The quantitative estimate of drug-likeness (QED) is 0.181. The lowest BCUT2D eigenvalue weighted by atomic mass is 9.83.